The molecular formula is C23H27ClF2N4O2. The van der Waals surface area contributed by atoms with Crippen LogP contribution in [-0.2, 0) is 6.61 Å². The van der Waals surface area contributed by atoms with Crippen molar-refractivity contribution in [2.45, 2.75) is 52.2 Å². The number of nitrogens with zero attached hydrogens (tertiary/aromatic N) is 2. The van der Waals surface area contributed by atoms with E-state index in [0.717, 1.165) is 31.4 Å². The van der Waals surface area contributed by atoms with Gasteiger partial charge in [0.1, 0.15) is 23.9 Å². The minimum absolute atomic E-state index is 0.203. The number of unbranched alkanes of at least 4 members (excludes halogenated alkanes) is 1. The van der Waals surface area contributed by atoms with Gasteiger partial charge in [-0.3, -0.25) is 9.20 Å². The Balaban J connectivity index is 1.86. The Bertz CT molecular complexity index is 1110. The summed E-state index contributed by atoms with van der Waals surface area (Å²) in [4.78, 5) is 17.4. The third-order valence-corrected chi connectivity index (χ3v) is 5.44. The number of fused-ring (bicyclic) bond motifs is 1. The maximum absolute atomic E-state index is 13.9. The molecule has 3 aromatic rings. The lowest BCUT2D eigenvalue weighted by Crippen LogP contribution is -2.47. The van der Waals surface area contributed by atoms with Crippen molar-refractivity contribution >= 4 is 23.2 Å². The van der Waals surface area contributed by atoms with Gasteiger partial charge in [0.25, 0.3) is 5.91 Å². The van der Waals surface area contributed by atoms with Crippen LogP contribution in [0.25, 0.3) is 5.65 Å². The van der Waals surface area contributed by atoms with Gasteiger partial charge in [0, 0.05) is 24.3 Å². The highest BCUT2D eigenvalue weighted by molar-refractivity contribution is 6.30. The molecule has 0 saturated carbocycles. The highest BCUT2D eigenvalue weighted by atomic mass is 35.5. The van der Waals surface area contributed by atoms with E-state index in [0.29, 0.717) is 17.9 Å². The lowest BCUT2D eigenvalue weighted by molar-refractivity contribution is 0.0937. The average molecular weight is 465 g/mol. The van der Waals surface area contributed by atoms with Gasteiger partial charge < -0.3 is 15.8 Å². The van der Waals surface area contributed by atoms with Crippen LogP contribution in [0.2, 0.25) is 5.02 Å². The molecule has 6 nitrogen and oxygen atoms in total. The molecule has 0 aliphatic rings. The van der Waals surface area contributed by atoms with Gasteiger partial charge in [0.2, 0.25) is 0 Å². The fourth-order valence-electron chi connectivity index (χ4n) is 3.43. The van der Waals surface area contributed by atoms with Crippen LogP contribution < -0.4 is 15.8 Å². The number of pyridine rings is 1. The van der Waals surface area contributed by atoms with Crippen LogP contribution in [-0.4, -0.2) is 27.4 Å². The number of rotatable bonds is 9. The van der Waals surface area contributed by atoms with E-state index in [2.05, 4.69) is 17.2 Å². The molecule has 0 radical (unpaired) electrons. The summed E-state index contributed by atoms with van der Waals surface area (Å²) in [6.45, 7) is 5.62. The number of amides is 1. The van der Waals surface area contributed by atoms with Crippen molar-refractivity contribution in [2.24, 2.45) is 5.73 Å². The van der Waals surface area contributed by atoms with Crippen molar-refractivity contribution in [3.05, 3.63) is 64.1 Å². The third-order valence-electron chi connectivity index (χ3n) is 5.23. The Morgan fingerprint density at radius 1 is 1.34 bits per heavy atom. The molecule has 0 aliphatic heterocycles. The maximum atomic E-state index is 13.9. The number of halogens is 3. The van der Waals surface area contributed by atoms with Crippen LogP contribution >= 0.6 is 11.6 Å². The van der Waals surface area contributed by atoms with Gasteiger partial charge in [-0.25, -0.2) is 13.8 Å². The van der Waals surface area contributed by atoms with E-state index < -0.39 is 17.2 Å². The van der Waals surface area contributed by atoms with E-state index in [1.807, 2.05) is 6.92 Å². The van der Waals surface area contributed by atoms with Gasteiger partial charge >= 0.3 is 0 Å². The molecule has 3 rings (SSSR count). The first-order chi connectivity index (χ1) is 15.1. The van der Waals surface area contributed by atoms with Crippen LogP contribution in [0.4, 0.5) is 8.78 Å². The van der Waals surface area contributed by atoms with Crippen LogP contribution in [0.3, 0.4) is 0 Å². The number of carbonyl (C=O) groups excluding carboxylic acids is 1. The average Bonchev–Trinajstić information content (AvgIpc) is 3.06. The number of nitrogens with two attached hydrogens (primary N) is 1. The topological polar surface area (TPSA) is 81.6 Å². The molecule has 32 heavy (non-hydrogen) atoms. The first kappa shape index (κ1) is 23.9. The molecule has 0 aliphatic carbocycles. The molecule has 0 fully saturated rings. The van der Waals surface area contributed by atoms with E-state index in [1.54, 1.807) is 13.1 Å². The Hall–Kier alpha value is -2.71. The molecule has 1 unspecified atom stereocenters. The van der Waals surface area contributed by atoms with Crippen LogP contribution in [0, 0.1) is 18.6 Å². The van der Waals surface area contributed by atoms with Gasteiger partial charge in [-0.15, -0.1) is 0 Å². The summed E-state index contributed by atoms with van der Waals surface area (Å²) in [5, 5.41) is 3.15. The van der Waals surface area contributed by atoms with Crippen LogP contribution in [0.1, 0.15) is 54.9 Å². The number of imidazole rings is 1. The van der Waals surface area contributed by atoms with Gasteiger partial charge in [-0.1, -0.05) is 37.4 Å². The van der Waals surface area contributed by atoms with Gasteiger partial charge in [-0.2, -0.15) is 0 Å². The molecule has 0 saturated heterocycles. The largest absolute Gasteiger partial charge is 0.485 e. The standard InChI is InChI=1S/C23H27ClF2N4O2/c1-4-5-9-23(3,27)13-28-22(31)20-14(2)29-21-19(10-15(24)11-30(20)21)32-12-16-17(25)7-6-8-18(16)26/h6-8,10-11H,4-5,9,12-13,27H2,1-3H3,(H,28,31). The number of hydrogen-bond donors (Lipinski definition) is 2. The Morgan fingerprint density at radius 2 is 2.03 bits per heavy atom. The molecular weight excluding hydrogens is 438 g/mol. The predicted molar refractivity (Wildman–Crippen MR) is 120 cm³/mol. The molecule has 1 aromatic carbocycles. The summed E-state index contributed by atoms with van der Waals surface area (Å²) in [5.74, 6) is -1.57. The minimum Gasteiger partial charge on any atom is -0.485 e. The quantitative estimate of drug-likeness (QED) is 0.477. The molecule has 2 aromatic heterocycles. The second-order valence-corrected chi connectivity index (χ2v) is 8.63. The van der Waals surface area contributed by atoms with Crippen molar-refractivity contribution < 1.29 is 18.3 Å². The van der Waals surface area contributed by atoms with Crippen molar-refractivity contribution in [2.75, 3.05) is 6.54 Å². The second kappa shape index (κ2) is 9.83. The Morgan fingerprint density at radius 3 is 2.69 bits per heavy atom. The van der Waals surface area contributed by atoms with Gasteiger partial charge in [-0.05, 0) is 32.4 Å². The van der Waals surface area contributed by atoms with Gasteiger partial charge in [0.15, 0.2) is 11.4 Å². The van der Waals surface area contributed by atoms with Crippen LogP contribution in [0.5, 0.6) is 5.75 Å². The molecule has 3 N–H and O–H groups in total. The highest BCUT2D eigenvalue weighted by Gasteiger charge is 2.23. The number of nitrogens with one attached hydrogen (secondary N) is 1. The SMILES string of the molecule is CCCCC(C)(N)CNC(=O)c1c(C)nc2c(OCc3c(F)cccc3F)cc(Cl)cn12. The monoisotopic (exact) mass is 464 g/mol. The lowest BCUT2D eigenvalue weighted by Gasteiger charge is -2.24. The van der Waals surface area contributed by atoms with Crippen molar-refractivity contribution in [1.82, 2.24) is 14.7 Å². The number of hydrogen-bond acceptors (Lipinski definition) is 4. The zero-order valence-electron chi connectivity index (χ0n) is 18.3. The molecule has 172 valence electrons. The first-order valence-corrected chi connectivity index (χ1v) is 10.8. The van der Waals surface area contributed by atoms with E-state index in [9.17, 15) is 13.6 Å². The number of aryl methyl sites for hydroxylation is 1. The molecule has 1 amide bonds. The molecule has 0 spiro atoms. The Kier molecular flexibility index (Phi) is 7.36. The number of benzene rings is 1. The highest BCUT2D eigenvalue weighted by Crippen LogP contribution is 2.28. The maximum Gasteiger partial charge on any atom is 0.270 e. The van der Waals surface area contributed by atoms with E-state index in [1.165, 1.54) is 16.5 Å². The zero-order chi connectivity index (χ0) is 23.5. The fraction of sp³-hybridized carbons (Fsp3) is 0.391. The summed E-state index contributed by atoms with van der Waals surface area (Å²) in [6.07, 6.45) is 4.31. The normalized spacial score (nSPS) is 13.2. The summed E-state index contributed by atoms with van der Waals surface area (Å²) in [7, 11) is 0. The molecule has 0 bridgehead atoms. The number of ether oxygens (including phenoxy) is 1. The van der Waals surface area contributed by atoms with Crippen molar-refractivity contribution in [3.8, 4) is 5.75 Å². The van der Waals surface area contributed by atoms with E-state index in [4.69, 9.17) is 22.1 Å². The minimum atomic E-state index is -0.712. The van der Waals surface area contributed by atoms with Gasteiger partial charge in [0.05, 0.1) is 16.3 Å². The van der Waals surface area contributed by atoms with Crippen molar-refractivity contribution in [3.63, 3.8) is 0 Å². The summed E-state index contributed by atoms with van der Waals surface area (Å²) in [5.41, 5.74) is 6.60. The summed E-state index contributed by atoms with van der Waals surface area (Å²) < 4.78 is 35.1. The van der Waals surface area contributed by atoms with Crippen molar-refractivity contribution in [1.29, 1.82) is 0 Å². The molecule has 9 heteroatoms. The van der Waals surface area contributed by atoms with Crippen LogP contribution in [0.15, 0.2) is 30.5 Å². The Labute approximate surface area is 190 Å². The molecule has 2 heterocycles. The number of aromatic nitrogens is 2. The first-order valence-electron chi connectivity index (χ1n) is 10.4. The predicted octanol–water partition coefficient (Wildman–Crippen LogP) is 4.79. The van der Waals surface area contributed by atoms with E-state index in [-0.39, 0.29) is 34.5 Å². The fourth-order valence-corrected chi connectivity index (χ4v) is 3.63. The second-order valence-electron chi connectivity index (χ2n) is 8.19. The summed E-state index contributed by atoms with van der Waals surface area (Å²) in [6, 6.07) is 5.08. The number of carbonyl (C=O) groups is 1. The molecule has 1 atom stereocenters. The third kappa shape index (κ3) is 5.37. The lowest BCUT2D eigenvalue weighted by atomic mass is 9.96. The summed E-state index contributed by atoms with van der Waals surface area (Å²) >= 11 is 6.23. The smallest absolute Gasteiger partial charge is 0.270 e. The zero-order valence-corrected chi connectivity index (χ0v) is 19.1. The van der Waals surface area contributed by atoms with E-state index >= 15 is 0 Å².